The van der Waals surface area contributed by atoms with Crippen molar-refractivity contribution in [2.45, 2.75) is 55.1 Å². The molecule has 0 heterocycles. The molecule has 15 N–H and O–H groups in total. The quantitative estimate of drug-likeness (QED) is 0.157. The zero-order chi connectivity index (χ0) is 20.3. The van der Waals surface area contributed by atoms with Crippen molar-refractivity contribution in [2.24, 2.45) is 11.5 Å². The minimum atomic E-state index is -1.82. The highest BCUT2D eigenvalue weighted by Gasteiger charge is 2.32. The summed E-state index contributed by atoms with van der Waals surface area (Å²) in [5.41, 5.74) is 9.79. The van der Waals surface area contributed by atoms with Gasteiger partial charge < -0.3 is 67.6 Å². The van der Waals surface area contributed by atoms with Crippen LogP contribution in [0.25, 0.3) is 0 Å². The van der Waals surface area contributed by atoms with Crippen molar-refractivity contribution in [1.29, 1.82) is 0 Å². The smallest absolute Gasteiger partial charge is 0.131 e. The molecule has 0 aliphatic heterocycles. The lowest BCUT2D eigenvalue weighted by Crippen LogP contribution is -2.52. The van der Waals surface area contributed by atoms with Crippen LogP contribution in [0.2, 0.25) is 0 Å². The maximum atomic E-state index is 9.05. The fourth-order valence-corrected chi connectivity index (χ4v) is 1.44. The van der Waals surface area contributed by atoms with Gasteiger partial charge >= 0.3 is 0 Å². The lowest BCUT2D eigenvalue weighted by atomic mass is 10.0. The predicted molar refractivity (Wildman–Crippen MR) is 81.5 cm³/mol. The number of rotatable bonds is 10. The van der Waals surface area contributed by atoms with Crippen LogP contribution in [0.5, 0.6) is 0 Å². The van der Waals surface area contributed by atoms with Crippen LogP contribution in [-0.4, -0.2) is 131 Å². The summed E-state index contributed by atoms with van der Waals surface area (Å²) in [5, 5.41) is 97.0. The second-order valence-electron chi connectivity index (χ2n) is 5.25. The standard InChI is InChI=1S/C6H15NO6.C6H15NO5/c7-6(13)5(12)4(11)3(10)2(9)1-8;7-1-3(9)5(11)6(12)4(10)2-8/h2-6,8-13H,1,7H2;3-6,8-12H,1-2,7H2/t2-,3-,4+,5-,6?;3-,4+,5+,6+/m10/s1. The highest BCUT2D eigenvalue weighted by atomic mass is 16.4. The van der Waals surface area contributed by atoms with E-state index in [1.54, 1.807) is 0 Å². The fourth-order valence-electron chi connectivity index (χ4n) is 1.44. The van der Waals surface area contributed by atoms with Crippen LogP contribution in [0, 0.1) is 0 Å². The second-order valence-corrected chi connectivity index (χ2v) is 5.25. The number of aliphatic hydroxyl groups is 11. The van der Waals surface area contributed by atoms with E-state index < -0.39 is 68.3 Å². The van der Waals surface area contributed by atoms with Gasteiger partial charge in [0.25, 0.3) is 0 Å². The summed E-state index contributed by atoms with van der Waals surface area (Å²) in [4.78, 5) is 0. The van der Waals surface area contributed by atoms with Crippen molar-refractivity contribution < 1.29 is 56.2 Å². The molecule has 13 nitrogen and oxygen atoms in total. The normalized spacial score (nSPS) is 22.4. The Morgan fingerprint density at radius 1 is 0.520 bits per heavy atom. The molecule has 0 aliphatic rings. The Hall–Kier alpha value is -0.520. The van der Waals surface area contributed by atoms with Gasteiger partial charge in [0.05, 0.1) is 19.3 Å². The highest BCUT2D eigenvalue weighted by molar-refractivity contribution is 4.82. The lowest BCUT2D eigenvalue weighted by molar-refractivity contribution is -0.139. The Balaban J connectivity index is 0. The molecule has 0 saturated heterocycles. The Bertz CT molecular complexity index is 311. The maximum Gasteiger partial charge on any atom is 0.131 e. The van der Waals surface area contributed by atoms with Crippen molar-refractivity contribution in [3.63, 3.8) is 0 Å². The summed E-state index contributed by atoms with van der Waals surface area (Å²) in [6, 6.07) is 0. The molecule has 0 aromatic heterocycles. The Kier molecular flexibility index (Phi) is 14.6. The molecule has 0 saturated carbocycles. The molecular formula is C12H30N2O11. The summed E-state index contributed by atoms with van der Waals surface area (Å²) in [5.74, 6) is 0. The minimum Gasteiger partial charge on any atom is -0.394 e. The fraction of sp³-hybridized carbons (Fsp3) is 1.00. The number of aliphatic hydroxyl groups excluding tert-OH is 11. The van der Waals surface area contributed by atoms with E-state index in [0.29, 0.717) is 0 Å². The minimum absolute atomic E-state index is 0.226. The molecule has 1 unspecified atom stereocenters. The number of hydrogen-bond acceptors (Lipinski definition) is 13. The Morgan fingerprint density at radius 3 is 1.12 bits per heavy atom. The number of nitrogens with two attached hydrogens (primary N) is 2. The SMILES string of the molecule is NC(O)[C@H](O)[C@@H](O)[C@H](O)[C@H](O)CO.NC[C@H](O)[C@@H](O)[C@H](O)[C@H](O)CO. The first-order valence-electron chi connectivity index (χ1n) is 7.26. The van der Waals surface area contributed by atoms with Crippen LogP contribution < -0.4 is 11.5 Å². The van der Waals surface area contributed by atoms with Gasteiger partial charge in [-0.1, -0.05) is 0 Å². The van der Waals surface area contributed by atoms with E-state index >= 15 is 0 Å². The van der Waals surface area contributed by atoms with Gasteiger partial charge in [-0.3, -0.25) is 0 Å². The van der Waals surface area contributed by atoms with E-state index in [1.807, 2.05) is 0 Å². The van der Waals surface area contributed by atoms with E-state index in [2.05, 4.69) is 0 Å². The molecule has 0 fully saturated rings. The van der Waals surface area contributed by atoms with Gasteiger partial charge in [0.1, 0.15) is 49.0 Å². The van der Waals surface area contributed by atoms with Crippen LogP contribution in [0.15, 0.2) is 0 Å². The van der Waals surface area contributed by atoms with Crippen LogP contribution in [0.3, 0.4) is 0 Å². The van der Waals surface area contributed by atoms with Crippen molar-refractivity contribution in [1.82, 2.24) is 0 Å². The zero-order valence-electron chi connectivity index (χ0n) is 13.4. The van der Waals surface area contributed by atoms with Gasteiger partial charge in [-0.2, -0.15) is 0 Å². The molecule has 0 radical (unpaired) electrons. The summed E-state index contributed by atoms with van der Waals surface area (Å²) in [6.07, 6.45) is -14.6. The molecule has 0 aliphatic carbocycles. The molecular weight excluding hydrogens is 348 g/mol. The highest BCUT2D eigenvalue weighted by Crippen LogP contribution is 2.06. The largest absolute Gasteiger partial charge is 0.394 e. The van der Waals surface area contributed by atoms with E-state index in [1.165, 1.54) is 0 Å². The van der Waals surface area contributed by atoms with Crippen molar-refractivity contribution in [3.8, 4) is 0 Å². The molecule has 0 amide bonds. The first kappa shape index (κ1) is 26.7. The molecule has 25 heavy (non-hydrogen) atoms. The predicted octanol–water partition coefficient (Wildman–Crippen LogP) is -7.92. The lowest BCUT2D eigenvalue weighted by Gasteiger charge is -2.26. The van der Waals surface area contributed by atoms with Crippen molar-refractivity contribution in [3.05, 3.63) is 0 Å². The molecule has 9 atom stereocenters. The molecule has 0 aromatic rings. The van der Waals surface area contributed by atoms with Gasteiger partial charge in [-0.15, -0.1) is 0 Å². The monoisotopic (exact) mass is 378 g/mol. The van der Waals surface area contributed by atoms with E-state index in [4.69, 9.17) is 67.6 Å². The molecule has 0 aromatic carbocycles. The van der Waals surface area contributed by atoms with Crippen molar-refractivity contribution >= 4 is 0 Å². The Labute approximate surface area is 143 Å². The molecule has 0 rings (SSSR count). The third-order valence-electron chi connectivity index (χ3n) is 3.20. The number of hydrogen-bond donors (Lipinski definition) is 13. The molecule has 0 spiro atoms. The summed E-state index contributed by atoms with van der Waals surface area (Å²) >= 11 is 0. The van der Waals surface area contributed by atoms with Gasteiger partial charge in [-0.05, 0) is 0 Å². The average Bonchev–Trinajstić information content (AvgIpc) is 2.62. The molecule has 154 valence electrons. The summed E-state index contributed by atoms with van der Waals surface area (Å²) in [7, 11) is 0. The second kappa shape index (κ2) is 13.7. The van der Waals surface area contributed by atoms with Gasteiger partial charge in [-0.25, -0.2) is 0 Å². The summed E-state index contributed by atoms with van der Waals surface area (Å²) in [6.45, 7) is -1.68. The van der Waals surface area contributed by atoms with Gasteiger partial charge in [0.2, 0.25) is 0 Å². The zero-order valence-corrected chi connectivity index (χ0v) is 13.4. The third kappa shape index (κ3) is 9.66. The van der Waals surface area contributed by atoms with Gasteiger partial charge in [0, 0.05) is 6.54 Å². The van der Waals surface area contributed by atoms with Crippen molar-refractivity contribution in [2.75, 3.05) is 19.8 Å². The average molecular weight is 378 g/mol. The topological polar surface area (TPSA) is 275 Å². The van der Waals surface area contributed by atoms with E-state index in [0.717, 1.165) is 0 Å². The molecule has 0 bridgehead atoms. The van der Waals surface area contributed by atoms with Crippen LogP contribution in [-0.2, 0) is 0 Å². The van der Waals surface area contributed by atoms with E-state index in [9.17, 15) is 0 Å². The first-order chi connectivity index (χ1) is 11.5. The molecule has 13 heteroatoms. The van der Waals surface area contributed by atoms with Crippen LogP contribution in [0.1, 0.15) is 0 Å². The van der Waals surface area contributed by atoms with Gasteiger partial charge in [0.15, 0.2) is 0 Å². The Morgan fingerprint density at radius 2 is 0.840 bits per heavy atom. The third-order valence-corrected chi connectivity index (χ3v) is 3.20. The van der Waals surface area contributed by atoms with Crippen LogP contribution in [0.4, 0.5) is 0 Å². The van der Waals surface area contributed by atoms with Crippen LogP contribution >= 0.6 is 0 Å². The maximum absolute atomic E-state index is 9.05. The first-order valence-corrected chi connectivity index (χ1v) is 7.26. The van der Waals surface area contributed by atoms with E-state index in [-0.39, 0.29) is 6.54 Å². The summed E-state index contributed by atoms with van der Waals surface area (Å²) < 4.78 is 0.